The topological polar surface area (TPSA) is 56.4 Å². The van der Waals surface area contributed by atoms with E-state index in [1.807, 2.05) is 17.0 Å². The van der Waals surface area contributed by atoms with Crippen molar-refractivity contribution < 1.29 is 9.59 Å². The van der Waals surface area contributed by atoms with Crippen molar-refractivity contribution in [2.24, 2.45) is 0 Å². The van der Waals surface area contributed by atoms with Crippen LogP contribution in [0.5, 0.6) is 0 Å². The molecule has 2 aromatic carbocycles. The molecule has 0 saturated carbocycles. The minimum absolute atomic E-state index is 0.000609. The van der Waals surface area contributed by atoms with Gasteiger partial charge in [-0.2, -0.15) is 0 Å². The van der Waals surface area contributed by atoms with E-state index in [2.05, 4.69) is 55.2 Å². The molecule has 1 N–H and O–H groups in total. The number of para-hydroxylation sites is 1. The highest BCUT2D eigenvalue weighted by Crippen LogP contribution is 2.42. The highest BCUT2D eigenvalue weighted by molar-refractivity contribution is 5.97. The highest BCUT2D eigenvalue weighted by Gasteiger charge is 2.47. The van der Waals surface area contributed by atoms with Crippen LogP contribution in [-0.4, -0.2) is 46.2 Å². The number of likely N-dealkylation sites (N-methyl/N-ethyl adjacent to an activating group) is 1. The molecule has 5 nitrogen and oxygen atoms in total. The van der Waals surface area contributed by atoms with Gasteiger partial charge in [-0.25, -0.2) is 0 Å². The summed E-state index contributed by atoms with van der Waals surface area (Å²) < 4.78 is 0. The Morgan fingerprint density at radius 3 is 2.48 bits per heavy atom. The van der Waals surface area contributed by atoms with E-state index in [1.165, 1.54) is 5.56 Å². The maximum absolute atomic E-state index is 13.1. The Labute approximate surface area is 170 Å². The standard InChI is InChI=1S/C24H25N3O2/c1-14(2)15-8-10-16(11-9-15)23-22-18(17-6-4-5-7-19(17)25-22)12-20-24(29)26(3)13-21(28)27(20)23/h4-11,14,20,23,25H,12-13H2,1-3H3. The third-order valence-electron chi connectivity index (χ3n) is 6.37. The van der Waals surface area contributed by atoms with Crippen molar-refractivity contribution >= 4 is 22.7 Å². The largest absolute Gasteiger partial charge is 0.356 e. The van der Waals surface area contributed by atoms with Crippen molar-refractivity contribution in [3.8, 4) is 0 Å². The zero-order valence-corrected chi connectivity index (χ0v) is 17.0. The zero-order valence-electron chi connectivity index (χ0n) is 17.0. The van der Waals surface area contributed by atoms with E-state index < -0.39 is 6.04 Å². The Morgan fingerprint density at radius 2 is 1.76 bits per heavy atom. The van der Waals surface area contributed by atoms with Crippen LogP contribution in [0.15, 0.2) is 48.5 Å². The van der Waals surface area contributed by atoms with Crippen LogP contribution in [0.1, 0.15) is 48.2 Å². The van der Waals surface area contributed by atoms with Crippen LogP contribution in [0.25, 0.3) is 10.9 Å². The van der Waals surface area contributed by atoms with E-state index >= 15 is 0 Å². The summed E-state index contributed by atoms with van der Waals surface area (Å²) in [5, 5.41) is 1.14. The minimum atomic E-state index is -0.456. The number of carbonyl (C=O) groups excluding carboxylic acids is 2. The van der Waals surface area contributed by atoms with Crippen molar-refractivity contribution in [3.63, 3.8) is 0 Å². The summed E-state index contributed by atoms with van der Waals surface area (Å²) in [4.78, 5) is 33.0. The first-order valence-corrected chi connectivity index (χ1v) is 10.2. The number of aromatic nitrogens is 1. The van der Waals surface area contributed by atoms with E-state index in [4.69, 9.17) is 0 Å². The van der Waals surface area contributed by atoms with E-state index in [0.717, 1.165) is 27.7 Å². The quantitative estimate of drug-likeness (QED) is 0.730. The van der Waals surface area contributed by atoms with E-state index in [9.17, 15) is 9.59 Å². The van der Waals surface area contributed by atoms with E-state index in [1.54, 1.807) is 11.9 Å². The maximum atomic E-state index is 13.1. The molecule has 3 aromatic rings. The second-order valence-corrected chi connectivity index (χ2v) is 8.50. The Hall–Kier alpha value is -3.08. The first-order valence-electron chi connectivity index (χ1n) is 10.2. The molecule has 2 unspecified atom stereocenters. The number of H-pyrrole nitrogens is 1. The molecule has 1 saturated heterocycles. The maximum Gasteiger partial charge on any atom is 0.245 e. The van der Waals surface area contributed by atoms with Crippen LogP contribution in [0.4, 0.5) is 0 Å². The lowest BCUT2D eigenvalue weighted by atomic mass is 9.85. The molecule has 5 rings (SSSR count). The first-order chi connectivity index (χ1) is 14.0. The third kappa shape index (κ3) is 2.68. The smallest absolute Gasteiger partial charge is 0.245 e. The summed E-state index contributed by atoms with van der Waals surface area (Å²) >= 11 is 0. The number of nitrogens with zero attached hydrogens (tertiary/aromatic N) is 2. The molecule has 2 aliphatic rings. The molecule has 2 amide bonds. The number of carbonyl (C=O) groups is 2. The van der Waals surface area contributed by atoms with Gasteiger partial charge < -0.3 is 14.8 Å². The first kappa shape index (κ1) is 18.0. The number of rotatable bonds is 2. The third-order valence-corrected chi connectivity index (χ3v) is 6.37. The van der Waals surface area contributed by atoms with Crippen molar-refractivity contribution in [2.45, 2.75) is 38.3 Å². The van der Waals surface area contributed by atoms with Gasteiger partial charge in [0.05, 0.1) is 12.6 Å². The molecule has 3 heterocycles. The van der Waals surface area contributed by atoms with E-state index in [0.29, 0.717) is 12.3 Å². The summed E-state index contributed by atoms with van der Waals surface area (Å²) in [7, 11) is 1.72. The number of amides is 2. The fraction of sp³-hybridized carbons (Fsp3) is 0.333. The Morgan fingerprint density at radius 1 is 1.03 bits per heavy atom. The average Bonchev–Trinajstić information content (AvgIpc) is 3.09. The average molecular weight is 387 g/mol. The van der Waals surface area contributed by atoms with Gasteiger partial charge >= 0.3 is 0 Å². The van der Waals surface area contributed by atoms with Gasteiger partial charge in [0.2, 0.25) is 11.8 Å². The molecule has 0 spiro atoms. The lowest BCUT2D eigenvalue weighted by Gasteiger charge is -2.46. The van der Waals surface area contributed by atoms with Crippen molar-refractivity contribution in [2.75, 3.05) is 13.6 Å². The molecule has 0 radical (unpaired) electrons. The van der Waals surface area contributed by atoms with Gasteiger partial charge in [0.1, 0.15) is 6.04 Å². The lowest BCUT2D eigenvalue weighted by molar-refractivity contribution is -0.157. The number of aromatic amines is 1. The molecular weight excluding hydrogens is 362 g/mol. The molecule has 0 bridgehead atoms. The fourth-order valence-electron chi connectivity index (χ4n) is 4.82. The van der Waals surface area contributed by atoms with Gasteiger partial charge in [-0.05, 0) is 28.7 Å². The zero-order chi connectivity index (χ0) is 20.3. The van der Waals surface area contributed by atoms with Crippen molar-refractivity contribution in [1.82, 2.24) is 14.8 Å². The molecule has 5 heteroatoms. The monoisotopic (exact) mass is 387 g/mol. The highest BCUT2D eigenvalue weighted by atomic mass is 16.2. The van der Waals surface area contributed by atoms with Gasteiger partial charge in [0.25, 0.3) is 0 Å². The van der Waals surface area contributed by atoms with Gasteiger partial charge in [-0.3, -0.25) is 9.59 Å². The van der Waals surface area contributed by atoms with Crippen molar-refractivity contribution in [3.05, 3.63) is 70.9 Å². The number of hydrogen-bond donors (Lipinski definition) is 1. The molecular formula is C24H25N3O2. The number of piperazine rings is 1. The van der Waals surface area contributed by atoms with Crippen LogP contribution in [-0.2, 0) is 16.0 Å². The fourth-order valence-corrected chi connectivity index (χ4v) is 4.82. The van der Waals surface area contributed by atoms with Gasteiger partial charge in [0.15, 0.2) is 0 Å². The SMILES string of the molecule is CC(C)c1ccc(C2c3[nH]c4ccccc4c3CC3C(=O)N(C)CC(=O)N32)cc1. The van der Waals surface area contributed by atoms with Gasteiger partial charge in [-0.15, -0.1) is 0 Å². The number of fused-ring (bicyclic) bond motifs is 4. The Balaban J connectivity index is 1.72. The van der Waals surface area contributed by atoms with Gasteiger partial charge in [-0.1, -0.05) is 56.3 Å². The Kier molecular flexibility index (Phi) is 4.02. The van der Waals surface area contributed by atoms with Crippen LogP contribution >= 0.6 is 0 Å². The van der Waals surface area contributed by atoms with Gasteiger partial charge in [0, 0.05) is 30.1 Å². The van der Waals surface area contributed by atoms with Crippen LogP contribution in [0.3, 0.4) is 0 Å². The normalized spacial score (nSPS) is 21.7. The Bertz CT molecular complexity index is 1110. The molecule has 2 atom stereocenters. The predicted octanol–water partition coefficient (Wildman–Crippen LogP) is 3.61. The summed E-state index contributed by atoms with van der Waals surface area (Å²) in [5.74, 6) is 0.460. The van der Waals surface area contributed by atoms with Crippen LogP contribution in [0.2, 0.25) is 0 Å². The number of hydrogen-bond acceptors (Lipinski definition) is 2. The van der Waals surface area contributed by atoms with Crippen molar-refractivity contribution in [1.29, 1.82) is 0 Å². The summed E-state index contributed by atoms with van der Waals surface area (Å²) in [5.41, 5.74) is 5.53. The second kappa shape index (κ2) is 6.48. The van der Waals surface area contributed by atoms with E-state index in [-0.39, 0.29) is 24.4 Å². The minimum Gasteiger partial charge on any atom is -0.356 e. The molecule has 2 aliphatic heterocycles. The summed E-state index contributed by atoms with van der Waals surface area (Å²) in [6.07, 6.45) is 0.550. The second-order valence-electron chi connectivity index (χ2n) is 8.50. The molecule has 29 heavy (non-hydrogen) atoms. The predicted molar refractivity (Wildman–Crippen MR) is 113 cm³/mol. The lowest BCUT2D eigenvalue weighted by Crippen LogP contribution is -2.62. The number of nitrogens with one attached hydrogen (secondary N) is 1. The van der Waals surface area contributed by atoms with Crippen LogP contribution in [0, 0.1) is 0 Å². The molecule has 0 aliphatic carbocycles. The molecule has 1 fully saturated rings. The number of benzene rings is 2. The molecule has 1 aromatic heterocycles. The summed E-state index contributed by atoms with van der Waals surface area (Å²) in [6.45, 7) is 4.47. The summed E-state index contributed by atoms with van der Waals surface area (Å²) in [6, 6.07) is 15.9. The van der Waals surface area contributed by atoms with Crippen LogP contribution < -0.4 is 0 Å². The molecule has 148 valence electrons.